The van der Waals surface area contributed by atoms with Gasteiger partial charge in [-0.3, -0.25) is 10.1 Å². The number of nitrogens with zero attached hydrogens (tertiary/aromatic N) is 1. The van der Waals surface area contributed by atoms with Gasteiger partial charge in [0.2, 0.25) is 11.3 Å². The Bertz CT molecular complexity index is 702. The van der Waals surface area contributed by atoms with Gasteiger partial charge in [0.15, 0.2) is 0 Å². The van der Waals surface area contributed by atoms with Gasteiger partial charge in [0.05, 0.1) is 4.92 Å². The molecule has 1 aromatic heterocycles. The number of phenols is 1. The number of fused-ring (bicyclic) bond motifs is 1. The van der Waals surface area contributed by atoms with Gasteiger partial charge >= 0.3 is 11.3 Å². The first-order chi connectivity index (χ1) is 8.45. The Morgan fingerprint density at radius 3 is 2.67 bits per heavy atom. The number of nitro benzene ring substituents is 1. The van der Waals surface area contributed by atoms with Crippen LogP contribution in [0.3, 0.4) is 0 Å². The van der Waals surface area contributed by atoms with E-state index in [2.05, 4.69) is 0 Å². The van der Waals surface area contributed by atoms with Crippen molar-refractivity contribution in [1.82, 2.24) is 0 Å². The van der Waals surface area contributed by atoms with Crippen molar-refractivity contribution in [2.24, 2.45) is 0 Å². The smallest absolute Gasteiger partial charge is 0.353 e. The molecule has 0 saturated carbocycles. The fourth-order valence-electron chi connectivity index (χ4n) is 1.84. The third-order valence-corrected chi connectivity index (χ3v) is 2.79. The number of hydrogen-bond acceptors (Lipinski definition) is 5. The van der Waals surface area contributed by atoms with Crippen molar-refractivity contribution in [3.8, 4) is 5.75 Å². The first kappa shape index (κ1) is 12.1. The van der Waals surface area contributed by atoms with Crippen molar-refractivity contribution in [2.45, 2.75) is 20.3 Å². The molecule has 0 spiro atoms. The second kappa shape index (κ2) is 4.14. The van der Waals surface area contributed by atoms with Crippen molar-refractivity contribution in [2.75, 3.05) is 0 Å². The lowest BCUT2D eigenvalue weighted by molar-refractivity contribution is -0.384. The zero-order valence-electron chi connectivity index (χ0n) is 9.89. The summed E-state index contributed by atoms with van der Waals surface area (Å²) in [5.74, 6) is -0.443. The monoisotopic (exact) mass is 249 g/mol. The summed E-state index contributed by atoms with van der Waals surface area (Å²) in [6, 6.07) is 3.11. The molecule has 1 heterocycles. The second-order valence-corrected chi connectivity index (χ2v) is 3.98. The minimum atomic E-state index is -0.741. The van der Waals surface area contributed by atoms with Gasteiger partial charge in [-0.15, -0.1) is 0 Å². The Labute approximate surface area is 102 Å². The second-order valence-electron chi connectivity index (χ2n) is 3.98. The molecule has 2 rings (SSSR count). The zero-order chi connectivity index (χ0) is 13.4. The summed E-state index contributed by atoms with van der Waals surface area (Å²) >= 11 is 0. The molecule has 6 heteroatoms. The molecule has 0 unspecified atom stereocenters. The van der Waals surface area contributed by atoms with Crippen LogP contribution in [0.2, 0.25) is 0 Å². The molecular formula is C12H11NO5. The number of aryl methyl sites for hydroxylation is 2. The van der Waals surface area contributed by atoms with E-state index in [1.54, 1.807) is 19.9 Å². The van der Waals surface area contributed by atoms with Crippen LogP contribution in [0.25, 0.3) is 11.0 Å². The number of benzene rings is 1. The van der Waals surface area contributed by atoms with Crippen molar-refractivity contribution in [3.05, 3.63) is 43.8 Å². The number of aromatic hydroxyl groups is 1. The first-order valence-electron chi connectivity index (χ1n) is 5.39. The summed E-state index contributed by atoms with van der Waals surface area (Å²) in [7, 11) is 0. The normalized spacial score (nSPS) is 10.8. The van der Waals surface area contributed by atoms with Crippen molar-refractivity contribution < 1.29 is 14.4 Å². The van der Waals surface area contributed by atoms with Crippen LogP contribution in [-0.4, -0.2) is 10.0 Å². The van der Waals surface area contributed by atoms with Crippen LogP contribution in [-0.2, 0) is 6.42 Å². The maximum absolute atomic E-state index is 11.4. The summed E-state index contributed by atoms with van der Waals surface area (Å²) in [5, 5.41) is 21.2. The number of hydrogen-bond donors (Lipinski definition) is 1. The highest BCUT2D eigenvalue weighted by atomic mass is 16.6. The number of phenolic OH excluding ortho intramolecular Hbond substituents is 1. The van der Waals surface area contributed by atoms with Crippen LogP contribution in [0, 0.1) is 17.0 Å². The minimum absolute atomic E-state index is 0.190. The molecule has 0 aliphatic rings. The lowest BCUT2D eigenvalue weighted by Gasteiger charge is -2.06. The van der Waals surface area contributed by atoms with Gasteiger partial charge in [-0.2, -0.15) is 0 Å². The van der Waals surface area contributed by atoms with E-state index in [1.807, 2.05) is 0 Å². The van der Waals surface area contributed by atoms with Gasteiger partial charge in [0.25, 0.3) is 0 Å². The predicted molar refractivity (Wildman–Crippen MR) is 64.9 cm³/mol. The molecule has 94 valence electrons. The Morgan fingerprint density at radius 2 is 2.11 bits per heavy atom. The Hall–Kier alpha value is -2.37. The third-order valence-electron chi connectivity index (χ3n) is 2.79. The highest BCUT2D eigenvalue weighted by Gasteiger charge is 2.24. The van der Waals surface area contributed by atoms with E-state index >= 15 is 0 Å². The highest BCUT2D eigenvalue weighted by Crippen LogP contribution is 2.37. The molecule has 0 aliphatic heterocycles. The molecule has 0 fully saturated rings. The summed E-state index contributed by atoms with van der Waals surface area (Å²) in [6.07, 6.45) is 0.445. The molecule has 0 saturated heterocycles. The van der Waals surface area contributed by atoms with E-state index in [0.717, 1.165) is 0 Å². The molecule has 0 amide bonds. The highest BCUT2D eigenvalue weighted by molar-refractivity contribution is 5.89. The topological polar surface area (TPSA) is 93.6 Å². The largest absolute Gasteiger partial charge is 0.502 e. The average molecular weight is 249 g/mol. The number of nitro groups is 1. The van der Waals surface area contributed by atoms with Crippen molar-refractivity contribution in [3.63, 3.8) is 0 Å². The molecule has 0 atom stereocenters. The van der Waals surface area contributed by atoms with Gasteiger partial charge < -0.3 is 9.52 Å². The van der Waals surface area contributed by atoms with E-state index < -0.39 is 22.0 Å². The summed E-state index contributed by atoms with van der Waals surface area (Å²) in [6.45, 7) is 3.34. The van der Waals surface area contributed by atoms with Gasteiger partial charge in [-0.25, -0.2) is 4.79 Å². The fraction of sp³-hybridized carbons (Fsp3) is 0.250. The van der Waals surface area contributed by atoms with Crippen LogP contribution in [0.4, 0.5) is 5.69 Å². The maximum Gasteiger partial charge on any atom is 0.353 e. The maximum atomic E-state index is 11.4. The SMILES string of the molecule is CCc1cc2cc(C)c(=O)oc2c([N+](=O)[O-])c1O. The van der Waals surface area contributed by atoms with Crippen LogP contribution in [0.1, 0.15) is 18.1 Å². The molecule has 1 aromatic carbocycles. The van der Waals surface area contributed by atoms with E-state index in [-0.39, 0.29) is 5.58 Å². The zero-order valence-corrected chi connectivity index (χ0v) is 9.89. The molecule has 1 N–H and O–H groups in total. The average Bonchev–Trinajstić information content (AvgIpc) is 2.30. The van der Waals surface area contributed by atoms with E-state index in [0.29, 0.717) is 22.9 Å². The molecule has 18 heavy (non-hydrogen) atoms. The van der Waals surface area contributed by atoms with E-state index in [9.17, 15) is 20.0 Å². The Balaban J connectivity index is 3.00. The predicted octanol–water partition coefficient (Wildman–Crippen LogP) is 2.28. The third kappa shape index (κ3) is 1.71. The molecule has 2 aromatic rings. The molecule has 6 nitrogen and oxygen atoms in total. The van der Waals surface area contributed by atoms with Crippen molar-refractivity contribution in [1.29, 1.82) is 0 Å². The van der Waals surface area contributed by atoms with Crippen LogP contribution in [0.15, 0.2) is 21.3 Å². The Morgan fingerprint density at radius 1 is 1.44 bits per heavy atom. The minimum Gasteiger partial charge on any atom is -0.502 e. The van der Waals surface area contributed by atoms with Gasteiger partial charge in [-0.05, 0) is 25.5 Å². The summed E-state index contributed by atoms with van der Waals surface area (Å²) in [4.78, 5) is 21.6. The standard InChI is InChI=1S/C12H11NO5/c1-3-7-5-8-4-6(2)12(15)18-11(8)9(10(7)14)13(16)17/h4-5,14H,3H2,1-2H3. The van der Waals surface area contributed by atoms with Gasteiger partial charge in [0, 0.05) is 16.5 Å². The van der Waals surface area contributed by atoms with Gasteiger partial charge in [-0.1, -0.05) is 6.92 Å². The van der Waals surface area contributed by atoms with Crippen LogP contribution in [0.5, 0.6) is 5.75 Å². The van der Waals surface area contributed by atoms with Crippen LogP contribution < -0.4 is 5.63 Å². The van der Waals surface area contributed by atoms with E-state index in [4.69, 9.17) is 4.42 Å². The number of rotatable bonds is 2. The van der Waals surface area contributed by atoms with Gasteiger partial charge in [0.1, 0.15) is 0 Å². The first-order valence-corrected chi connectivity index (χ1v) is 5.39. The Kier molecular flexibility index (Phi) is 2.78. The summed E-state index contributed by atoms with van der Waals surface area (Å²) < 4.78 is 4.91. The van der Waals surface area contributed by atoms with E-state index in [1.165, 1.54) is 6.07 Å². The summed E-state index contributed by atoms with van der Waals surface area (Å²) in [5.41, 5.74) is -0.576. The lowest BCUT2D eigenvalue weighted by Crippen LogP contribution is -2.04. The molecule has 0 radical (unpaired) electrons. The molecule has 0 bridgehead atoms. The van der Waals surface area contributed by atoms with Crippen LogP contribution >= 0.6 is 0 Å². The van der Waals surface area contributed by atoms with Crippen molar-refractivity contribution >= 4 is 16.7 Å². The molecule has 0 aliphatic carbocycles. The fourth-order valence-corrected chi connectivity index (χ4v) is 1.84. The molecular weight excluding hydrogens is 238 g/mol. The quantitative estimate of drug-likeness (QED) is 0.500. The lowest BCUT2D eigenvalue weighted by atomic mass is 10.1.